The number of rotatable bonds is 8. The van der Waals surface area contributed by atoms with Gasteiger partial charge in [0.15, 0.2) is 0 Å². The van der Waals surface area contributed by atoms with Crippen LogP contribution in [0.5, 0.6) is 0 Å². The van der Waals surface area contributed by atoms with Crippen molar-refractivity contribution in [3.05, 3.63) is 71.4 Å². The molecular weight excluding hydrogens is 438 g/mol. The topological polar surface area (TPSA) is 79.3 Å². The molecule has 2 aromatic carbocycles. The molecule has 35 heavy (non-hydrogen) atoms. The molecule has 186 valence electrons. The second-order valence-electron chi connectivity index (χ2n) is 9.83. The van der Waals surface area contributed by atoms with Crippen LogP contribution in [0.4, 0.5) is 16.3 Å². The standard InChI is InChI=1S/C28H37N5O2/c1-7-16-32(27(35)29-23-15-10-9-13-21(23)8-2)19-26(34)30-25-18-24(28(4,5)6)31-33(25)22-14-11-12-20(3)17-22/h9-15,17-18H,7-8,16,19H2,1-6H3,(H,29,35)(H,30,34). The van der Waals surface area contributed by atoms with E-state index in [1.54, 1.807) is 9.58 Å². The molecule has 1 aromatic heterocycles. The molecule has 3 amide bonds. The quantitative estimate of drug-likeness (QED) is 0.424. The first kappa shape index (κ1) is 26.0. The summed E-state index contributed by atoms with van der Waals surface area (Å²) < 4.78 is 1.76. The van der Waals surface area contributed by atoms with Crippen LogP contribution in [0.2, 0.25) is 0 Å². The molecule has 1 heterocycles. The second kappa shape index (κ2) is 11.2. The zero-order valence-electron chi connectivity index (χ0n) is 21.7. The van der Waals surface area contributed by atoms with Crippen molar-refractivity contribution in [2.75, 3.05) is 23.7 Å². The second-order valence-corrected chi connectivity index (χ2v) is 9.83. The lowest BCUT2D eigenvalue weighted by molar-refractivity contribution is -0.116. The lowest BCUT2D eigenvalue weighted by Gasteiger charge is -2.23. The maximum atomic E-state index is 13.1. The summed E-state index contributed by atoms with van der Waals surface area (Å²) in [6.07, 6.45) is 1.55. The van der Waals surface area contributed by atoms with Gasteiger partial charge < -0.3 is 15.5 Å². The number of benzene rings is 2. The van der Waals surface area contributed by atoms with Gasteiger partial charge in [-0.05, 0) is 49.1 Å². The first-order valence-corrected chi connectivity index (χ1v) is 12.2. The van der Waals surface area contributed by atoms with Crippen molar-refractivity contribution in [1.82, 2.24) is 14.7 Å². The molecular formula is C28H37N5O2. The number of hydrogen-bond acceptors (Lipinski definition) is 3. The minimum atomic E-state index is -0.287. The van der Waals surface area contributed by atoms with E-state index in [0.717, 1.165) is 41.0 Å². The van der Waals surface area contributed by atoms with Gasteiger partial charge in [-0.3, -0.25) is 4.79 Å². The molecule has 0 aliphatic carbocycles. The smallest absolute Gasteiger partial charge is 0.315 e. The van der Waals surface area contributed by atoms with Crippen LogP contribution in [0.25, 0.3) is 5.69 Å². The fraction of sp³-hybridized carbons (Fsp3) is 0.393. The Labute approximate surface area is 208 Å². The minimum absolute atomic E-state index is 0.0577. The number of aromatic nitrogens is 2. The van der Waals surface area contributed by atoms with Gasteiger partial charge in [0.1, 0.15) is 12.4 Å². The molecule has 7 nitrogen and oxygen atoms in total. The predicted octanol–water partition coefficient (Wildman–Crippen LogP) is 5.92. The van der Waals surface area contributed by atoms with Crippen molar-refractivity contribution in [1.29, 1.82) is 0 Å². The number of carbonyl (C=O) groups excluding carboxylic acids is 2. The van der Waals surface area contributed by atoms with Crippen molar-refractivity contribution in [2.24, 2.45) is 0 Å². The zero-order chi connectivity index (χ0) is 25.6. The van der Waals surface area contributed by atoms with E-state index in [0.29, 0.717) is 12.4 Å². The Kier molecular flexibility index (Phi) is 8.33. The van der Waals surface area contributed by atoms with Crippen LogP contribution in [0.1, 0.15) is 57.9 Å². The number of aryl methyl sites for hydroxylation is 2. The highest BCUT2D eigenvalue weighted by molar-refractivity contribution is 5.97. The van der Waals surface area contributed by atoms with Crippen molar-refractivity contribution < 1.29 is 9.59 Å². The van der Waals surface area contributed by atoms with Gasteiger partial charge in [-0.1, -0.05) is 65.0 Å². The molecule has 2 N–H and O–H groups in total. The van der Waals surface area contributed by atoms with E-state index >= 15 is 0 Å². The van der Waals surface area contributed by atoms with Gasteiger partial charge >= 0.3 is 6.03 Å². The first-order valence-electron chi connectivity index (χ1n) is 12.2. The summed E-state index contributed by atoms with van der Waals surface area (Å²) in [5.74, 6) is 0.311. The number of urea groups is 1. The van der Waals surface area contributed by atoms with Crippen LogP contribution in [-0.2, 0) is 16.6 Å². The maximum absolute atomic E-state index is 13.1. The van der Waals surface area contributed by atoms with Crippen molar-refractivity contribution in [2.45, 2.75) is 59.8 Å². The Morgan fingerprint density at radius 2 is 1.74 bits per heavy atom. The number of nitrogens with zero attached hydrogens (tertiary/aromatic N) is 3. The van der Waals surface area contributed by atoms with Crippen LogP contribution >= 0.6 is 0 Å². The van der Waals surface area contributed by atoms with Gasteiger partial charge in [0.05, 0.1) is 11.4 Å². The average molecular weight is 476 g/mol. The van der Waals surface area contributed by atoms with Crippen molar-refractivity contribution >= 4 is 23.4 Å². The summed E-state index contributed by atoms with van der Waals surface area (Å²) in [4.78, 5) is 27.7. The maximum Gasteiger partial charge on any atom is 0.322 e. The van der Waals surface area contributed by atoms with Crippen molar-refractivity contribution in [3.8, 4) is 5.69 Å². The third-order valence-electron chi connectivity index (χ3n) is 5.75. The van der Waals surface area contributed by atoms with E-state index in [-0.39, 0.29) is 23.9 Å². The number of para-hydroxylation sites is 1. The number of amides is 3. The highest BCUT2D eigenvalue weighted by atomic mass is 16.2. The van der Waals surface area contributed by atoms with Crippen molar-refractivity contribution in [3.63, 3.8) is 0 Å². The van der Waals surface area contributed by atoms with Crippen LogP contribution in [0, 0.1) is 6.92 Å². The molecule has 0 saturated heterocycles. The molecule has 3 rings (SSSR count). The Balaban J connectivity index is 1.81. The minimum Gasteiger partial charge on any atom is -0.315 e. The third-order valence-corrected chi connectivity index (χ3v) is 5.75. The lowest BCUT2D eigenvalue weighted by atomic mass is 9.92. The van der Waals surface area contributed by atoms with Gasteiger partial charge in [0, 0.05) is 23.7 Å². The Hall–Kier alpha value is -3.61. The Morgan fingerprint density at radius 3 is 2.40 bits per heavy atom. The molecule has 0 aliphatic heterocycles. The number of nitrogens with one attached hydrogen (secondary N) is 2. The summed E-state index contributed by atoms with van der Waals surface area (Å²) in [6.45, 7) is 12.7. The Morgan fingerprint density at radius 1 is 1.00 bits per heavy atom. The SMILES string of the molecule is CCCN(CC(=O)Nc1cc(C(C)(C)C)nn1-c1cccc(C)c1)C(=O)Nc1ccccc1CC. The van der Waals surface area contributed by atoms with E-state index in [4.69, 9.17) is 5.10 Å². The monoisotopic (exact) mass is 475 g/mol. The predicted molar refractivity (Wildman–Crippen MR) is 142 cm³/mol. The molecule has 0 saturated carbocycles. The van der Waals surface area contributed by atoms with Crippen LogP contribution < -0.4 is 10.6 Å². The third kappa shape index (κ3) is 6.72. The summed E-state index contributed by atoms with van der Waals surface area (Å²) in [5.41, 5.74) is 4.48. The van der Waals surface area contributed by atoms with Crippen LogP contribution in [-0.4, -0.2) is 39.7 Å². The average Bonchev–Trinajstić information content (AvgIpc) is 3.23. The zero-order valence-corrected chi connectivity index (χ0v) is 21.7. The molecule has 0 atom stereocenters. The van der Waals surface area contributed by atoms with Gasteiger partial charge in [0.25, 0.3) is 0 Å². The van der Waals surface area contributed by atoms with Gasteiger partial charge in [-0.2, -0.15) is 5.10 Å². The first-order chi connectivity index (χ1) is 16.6. The van der Waals surface area contributed by atoms with E-state index in [1.807, 2.05) is 75.4 Å². The number of anilines is 2. The number of hydrogen-bond donors (Lipinski definition) is 2. The summed E-state index contributed by atoms with van der Waals surface area (Å²) in [7, 11) is 0. The number of carbonyl (C=O) groups is 2. The van der Waals surface area contributed by atoms with Crippen LogP contribution in [0.15, 0.2) is 54.6 Å². The summed E-state index contributed by atoms with van der Waals surface area (Å²) in [6, 6.07) is 17.3. The van der Waals surface area contributed by atoms with E-state index < -0.39 is 0 Å². The van der Waals surface area contributed by atoms with Gasteiger partial charge in [0.2, 0.25) is 5.91 Å². The van der Waals surface area contributed by atoms with E-state index in [9.17, 15) is 9.59 Å². The summed E-state index contributed by atoms with van der Waals surface area (Å²) >= 11 is 0. The molecule has 0 bridgehead atoms. The highest BCUT2D eigenvalue weighted by Gasteiger charge is 2.23. The van der Waals surface area contributed by atoms with Gasteiger partial charge in [-0.25, -0.2) is 9.48 Å². The fourth-order valence-corrected chi connectivity index (χ4v) is 3.82. The molecule has 3 aromatic rings. The lowest BCUT2D eigenvalue weighted by Crippen LogP contribution is -2.41. The molecule has 0 spiro atoms. The van der Waals surface area contributed by atoms with E-state index in [2.05, 4.69) is 31.4 Å². The largest absolute Gasteiger partial charge is 0.322 e. The Bertz CT molecular complexity index is 1180. The van der Waals surface area contributed by atoms with Gasteiger partial charge in [-0.15, -0.1) is 0 Å². The highest BCUT2D eigenvalue weighted by Crippen LogP contribution is 2.26. The molecule has 0 radical (unpaired) electrons. The molecule has 0 unspecified atom stereocenters. The molecule has 7 heteroatoms. The normalized spacial score (nSPS) is 11.3. The van der Waals surface area contributed by atoms with E-state index in [1.165, 1.54) is 0 Å². The molecule has 0 aliphatic rings. The summed E-state index contributed by atoms with van der Waals surface area (Å²) in [5, 5.41) is 10.7. The molecule has 0 fully saturated rings. The fourth-order valence-electron chi connectivity index (χ4n) is 3.82. The van der Waals surface area contributed by atoms with Crippen LogP contribution in [0.3, 0.4) is 0 Å².